The molecule has 0 aliphatic rings. The quantitative estimate of drug-likeness (QED) is 0.550. The number of aromatic nitrogens is 1. The van der Waals surface area contributed by atoms with E-state index in [9.17, 15) is 9.59 Å². The first-order valence-electron chi connectivity index (χ1n) is 8.99. The summed E-state index contributed by atoms with van der Waals surface area (Å²) in [6, 6.07) is 3.93. The lowest BCUT2D eigenvalue weighted by Gasteiger charge is -2.32. The Morgan fingerprint density at radius 3 is 2.46 bits per heavy atom. The van der Waals surface area contributed by atoms with E-state index in [-0.39, 0.29) is 24.2 Å². The predicted octanol–water partition coefficient (Wildman–Crippen LogP) is 2.50. The van der Waals surface area contributed by atoms with Gasteiger partial charge in [0.15, 0.2) is 0 Å². The van der Waals surface area contributed by atoms with Crippen LogP contribution in [0.25, 0.3) is 0 Å². The van der Waals surface area contributed by atoms with E-state index in [4.69, 9.17) is 16.3 Å². The Morgan fingerprint density at radius 1 is 1.27 bits per heavy atom. The minimum absolute atomic E-state index is 0.0567. The summed E-state index contributed by atoms with van der Waals surface area (Å²) in [7, 11) is 3.56. The van der Waals surface area contributed by atoms with Gasteiger partial charge in [0.05, 0.1) is 25.1 Å². The standard InChI is InChI=1S/C19H32ClN3O3/c1-6-9-23(18(25)19(2,3)15-20)14-17(24)22(11-12-26-5)13-16-8-7-10-21(16)4/h7-8,10H,6,9,11-15H2,1-5H3. The molecule has 1 rings (SSSR count). The molecule has 0 atom stereocenters. The van der Waals surface area contributed by atoms with Crippen LogP contribution >= 0.6 is 11.6 Å². The first-order chi connectivity index (χ1) is 12.3. The molecule has 1 aromatic rings. The molecule has 0 radical (unpaired) electrons. The molecule has 0 spiro atoms. The monoisotopic (exact) mass is 385 g/mol. The maximum absolute atomic E-state index is 12.9. The normalized spacial score (nSPS) is 11.5. The predicted molar refractivity (Wildman–Crippen MR) is 104 cm³/mol. The fourth-order valence-corrected chi connectivity index (χ4v) is 2.73. The number of aryl methyl sites for hydroxylation is 1. The van der Waals surface area contributed by atoms with Crippen LogP contribution in [0.4, 0.5) is 0 Å². The van der Waals surface area contributed by atoms with Crippen molar-refractivity contribution >= 4 is 23.4 Å². The summed E-state index contributed by atoms with van der Waals surface area (Å²) in [5.41, 5.74) is 0.343. The lowest BCUT2D eigenvalue weighted by molar-refractivity contribution is -0.146. The third-order valence-electron chi connectivity index (χ3n) is 4.34. The molecule has 2 amide bonds. The van der Waals surface area contributed by atoms with Crippen molar-refractivity contribution in [1.82, 2.24) is 14.4 Å². The van der Waals surface area contributed by atoms with E-state index in [1.807, 2.05) is 50.7 Å². The van der Waals surface area contributed by atoms with Crippen LogP contribution in [-0.4, -0.2) is 65.4 Å². The maximum Gasteiger partial charge on any atom is 0.242 e. The van der Waals surface area contributed by atoms with Crippen molar-refractivity contribution in [2.24, 2.45) is 12.5 Å². The van der Waals surface area contributed by atoms with Crippen LogP contribution in [0.5, 0.6) is 0 Å². The molecule has 6 nitrogen and oxygen atoms in total. The number of amides is 2. The first kappa shape index (κ1) is 22.5. The molecule has 0 saturated carbocycles. The molecule has 0 unspecified atom stereocenters. The highest BCUT2D eigenvalue weighted by molar-refractivity contribution is 6.19. The second-order valence-electron chi connectivity index (χ2n) is 7.16. The molecule has 0 bridgehead atoms. The van der Waals surface area contributed by atoms with Crippen LogP contribution in [0.3, 0.4) is 0 Å². The van der Waals surface area contributed by atoms with E-state index < -0.39 is 5.41 Å². The van der Waals surface area contributed by atoms with Gasteiger partial charge in [-0.3, -0.25) is 9.59 Å². The van der Waals surface area contributed by atoms with E-state index in [1.165, 1.54) is 0 Å². The fourth-order valence-electron chi connectivity index (χ4n) is 2.62. The Bertz CT molecular complexity index is 586. The van der Waals surface area contributed by atoms with Crippen molar-refractivity contribution in [3.05, 3.63) is 24.0 Å². The number of nitrogens with zero attached hydrogens (tertiary/aromatic N) is 3. The fraction of sp³-hybridized carbons (Fsp3) is 0.684. The molecule has 7 heteroatoms. The minimum Gasteiger partial charge on any atom is -0.383 e. The number of rotatable bonds is 11. The molecule has 26 heavy (non-hydrogen) atoms. The van der Waals surface area contributed by atoms with E-state index >= 15 is 0 Å². The summed E-state index contributed by atoms with van der Waals surface area (Å²) in [4.78, 5) is 29.1. The summed E-state index contributed by atoms with van der Waals surface area (Å²) in [6.45, 7) is 7.61. The minimum atomic E-state index is -0.688. The molecule has 0 N–H and O–H groups in total. The van der Waals surface area contributed by atoms with Crippen LogP contribution in [0.15, 0.2) is 18.3 Å². The van der Waals surface area contributed by atoms with Gasteiger partial charge in [0.2, 0.25) is 11.8 Å². The lowest BCUT2D eigenvalue weighted by Crippen LogP contribution is -2.48. The van der Waals surface area contributed by atoms with Crippen LogP contribution in [-0.2, 0) is 27.9 Å². The Hall–Kier alpha value is -1.53. The number of hydrogen-bond acceptors (Lipinski definition) is 3. The average Bonchev–Trinajstić information content (AvgIpc) is 3.02. The van der Waals surface area contributed by atoms with Gasteiger partial charge < -0.3 is 19.1 Å². The topological polar surface area (TPSA) is 54.8 Å². The number of alkyl halides is 1. The number of carbonyl (C=O) groups excluding carboxylic acids is 2. The second-order valence-corrected chi connectivity index (χ2v) is 7.43. The number of methoxy groups -OCH3 is 1. The molecule has 148 valence electrons. The molecular weight excluding hydrogens is 354 g/mol. The van der Waals surface area contributed by atoms with Gasteiger partial charge in [-0.1, -0.05) is 6.92 Å². The van der Waals surface area contributed by atoms with Crippen LogP contribution in [0.1, 0.15) is 32.9 Å². The SMILES string of the molecule is CCCN(CC(=O)N(CCOC)Cc1cccn1C)C(=O)C(C)(C)CCl. The number of ether oxygens (including phenoxy) is 1. The Balaban J connectivity index is 2.90. The van der Waals surface area contributed by atoms with Crippen molar-refractivity contribution in [2.75, 3.05) is 39.2 Å². The van der Waals surface area contributed by atoms with E-state index in [0.29, 0.717) is 26.2 Å². The van der Waals surface area contributed by atoms with Crippen molar-refractivity contribution in [3.8, 4) is 0 Å². The number of carbonyl (C=O) groups is 2. The maximum atomic E-state index is 12.9. The van der Waals surface area contributed by atoms with Crippen LogP contribution in [0, 0.1) is 5.41 Å². The summed E-state index contributed by atoms with van der Waals surface area (Å²) >= 11 is 5.95. The van der Waals surface area contributed by atoms with Crippen LogP contribution < -0.4 is 0 Å². The van der Waals surface area contributed by atoms with E-state index in [1.54, 1.807) is 16.9 Å². The smallest absolute Gasteiger partial charge is 0.242 e. The zero-order valence-electron chi connectivity index (χ0n) is 16.6. The molecule has 1 aromatic heterocycles. The van der Waals surface area contributed by atoms with Crippen molar-refractivity contribution in [3.63, 3.8) is 0 Å². The third kappa shape index (κ3) is 6.32. The van der Waals surface area contributed by atoms with Crippen molar-refractivity contribution < 1.29 is 14.3 Å². The Kier molecular flexibility index (Phi) is 9.16. The Morgan fingerprint density at radius 2 is 1.96 bits per heavy atom. The number of hydrogen-bond donors (Lipinski definition) is 0. The second kappa shape index (κ2) is 10.6. The van der Waals surface area contributed by atoms with E-state index in [2.05, 4.69) is 0 Å². The molecule has 0 fully saturated rings. The molecule has 0 aromatic carbocycles. The summed E-state index contributed by atoms with van der Waals surface area (Å²) in [6.07, 6.45) is 2.73. The van der Waals surface area contributed by atoms with Crippen LogP contribution in [0.2, 0.25) is 0 Å². The van der Waals surface area contributed by atoms with Crippen molar-refractivity contribution in [2.45, 2.75) is 33.7 Å². The third-order valence-corrected chi connectivity index (χ3v) is 5.01. The van der Waals surface area contributed by atoms with Crippen molar-refractivity contribution in [1.29, 1.82) is 0 Å². The Labute approximate surface area is 162 Å². The summed E-state index contributed by atoms with van der Waals surface area (Å²) in [5, 5.41) is 0. The molecular formula is C19H32ClN3O3. The van der Waals surface area contributed by atoms with Gasteiger partial charge in [-0.05, 0) is 32.4 Å². The molecule has 0 aliphatic carbocycles. The molecule has 0 aliphatic heterocycles. The van der Waals surface area contributed by atoms with Gasteiger partial charge in [-0.2, -0.15) is 0 Å². The molecule has 0 saturated heterocycles. The van der Waals surface area contributed by atoms with Gasteiger partial charge in [-0.25, -0.2) is 0 Å². The van der Waals surface area contributed by atoms with Gasteiger partial charge in [0.1, 0.15) is 0 Å². The zero-order chi connectivity index (χ0) is 19.7. The molecule has 1 heterocycles. The highest BCUT2D eigenvalue weighted by atomic mass is 35.5. The summed E-state index contributed by atoms with van der Waals surface area (Å²) < 4.78 is 7.13. The lowest BCUT2D eigenvalue weighted by atomic mass is 9.94. The van der Waals surface area contributed by atoms with Gasteiger partial charge >= 0.3 is 0 Å². The zero-order valence-corrected chi connectivity index (χ0v) is 17.4. The highest BCUT2D eigenvalue weighted by Gasteiger charge is 2.32. The van der Waals surface area contributed by atoms with Gasteiger partial charge in [0, 0.05) is 45.0 Å². The largest absolute Gasteiger partial charge is 0.383 e. The highest BCUT2D eigenvalue weighted by Crippen LogP contribution is 2.21. The summed E-state index contributed by atoms with van der Waals surface area (Å²) in [5.74, 6) is 0.0421. The van der Waals surface area contributed by atoms with E-state index in [0.717, 1.165) is 12.1 Å². The number of halogens is 1. The van der Waals surface area contributed by atoms with Gasteiger partial charge in [0.25, 0.3) is 0 Å². The van der Waals surface area contributed by atoms with Gasteiger partial charge in [-0.15, -0.1) is 11.6 Å². The first-order valence-corrected chi connectivity index (χ1v) is 9.52. The average molecular weight is 386 g/mol.